The van der Waals surface area contributed by atoms with Gasteiger partial charge in [0, 0.05) is 12.1 Å². The predicted molar refractivity (Wildman–Crippen MR) is 91.5 cm³/mol. The van der Waals surface area contributed by atoms with E-state index in [0.29, 0.717) is 12.1 Å². The third kappa shape index (κ3) is 3.29. The first-order chi connectivity index (χ1) is 10.3. The van der Waals surface area contributed by atoms with Crippen molar-refractivity contribution >= 4 is 10.8 Å². The van der Waals surface area contributed by atoms with Gasteiger partial charge in [0.2, 0.25) is 0 Å². The third-order valence-corrected chi connectivity index (χ3v) is 5.20. The average Bonchev–Trinajstić information content (AvgIpc) is 2.55. The summed E-state index contributed by atoms with van der Waals surface area (Å²) in [6.45, 7) is 4.64. The maximum atomic E-state index is 3.87. The van der Waals surface area contributed by atoms with Gasteiger partial charge in [-0.2, -0.15) is 0 Å². The van der Waals surface area contributed by atoms with Crippen LogP contribution in [0.1, 0.15) is 57.6 Å². The van der Waals surface area contributed by atoms with Crippen molar-refractivity contribution in [3.8, 4) is 0 Å². The molecular formula is C20H27N. The zero-order valence-corrected chi connectivity index (χ0v) is 13.3. The summed E-state index contributed by atoms with van der Waals surface area (Å²) >= 11 is 0. The second-order valence-corrected chi connectivity index (χ2v) is 6.58. The van der Waals surface area contributed by atoms with Crippen LogP contribution in [0.3, 0.4) is 0 Å². The Bertz CT molecular complexity index is 576. The summed E-state index contributed by atoms with van der Waals surface area (Å²) in [5, 5.41) is 6.61. The smallest absolute Gasteiger partial charge is 0.0300 e. The first-order valence-electron chi connectivity index (χ1n) is 8.51. The maximum Gasteiger partial charge on any atom is 0.0300 e. The van der Waals surface area contributed by atoms with Crippen molar-refractivity contribution in [2.75, 3.05) is 0 Å². The second kappa shape index (κ2) is 6.62. The Balaban J connectivity index is 1.71. The summed E-state index contributed by atoms with van der Waals surface area (Å²) in [7, 11) is 0. The van der Waals surface area contributed by atoms with Gasteiger partial charge in [-0.1, -0.05) is 55.8 Å². The topological polar surface area (TPSA) is 12.0 Å². The lowest BCUT2D eigenvalue weighted by Gasteiger charge is -2.31. The molecule has 21 heavy (non-hydrogen) atoms. The van der Waals surface area contributed by atoms with Crippen molar-refractivity contribution in [3.05, 3.63) is 48.0 Å². The Kier molecular flexibility index (Phi) is 4.60. The summed E-state index contributed by atoms with van der Waals surface area (Å²) in [5.41, 5.74) is 1.44. The SMILES string of the molecule is CCC1CCC(NC(C)c2cccc3ccccc23)CC1. The molecule has 0 bridgehead atoms. The highest BCUT2D eigenvalue weighted by Gasteiger charge is 2.21. The average molecular weight is 281 g/mol. The molecule has 1 saturated carbocycles. The molecule has 0 spiro atoms. The molecule has 1 nitrogen and oxygen atoms in total. The van der Waals surface area contributed by atoms with E-state index in [1.165, 1.54) is 48.4 Å². The second-order valence-electron chi connectivity index (χ2n) is 6.58. The van der Waals surface area contributed by atoms with Crippen LogP contribution >= 0.6 is 0 Å². The Morgan fingerprint density at radius 1 is 1.00 bits per heavy atom. The summed E-state index contributed by atoms with van der Waals surface area (Å²) in [4.78, 5) is 0. The summed E-state index contributed by atoms with van der Waals surface area (Å²) in [6, 6.07) is 16.5. The summed E-state index contributed by atoms with van der Waals surface area (Å²) in [5.74, 6) is 0.968. The normalized spacial score (nSPS) is 24.1. The van der Waals surface area contributed by atoms with Gasteiger partial charge in [-0.25, -0.2) is 0 Å². The first kappa shape index (κ1) is 14.6. The molecule has 2 aromatic carbocycles. The van der Waals surface area contributed by atoms with E-state index in [-0.39, 0.29) is 0 Å². The Hall–Kier alpha value is -1.34. The van der Waals surface area contributed by atoms with Crippen molar-refractivity contribution in [2.45, 2.75) is 58.0 Å². The largest absolute Gasteiger partial charge is 0.307 e. The molecule has 0 saturated heterocycles. The fourth-order valence-corrected chi connectivity index (χ4v) is 3.81. The summed E-state index contributed by atoms with van der Waals surface area (Å²) in [6.07, 6.45) is 6.83. The van der Waals surface area contributed by atoms with Crippen LogP contribution in [-0.4, -0.2) is 6.04 Å². The molecule has 0 aliphatic heterocycles. The van der Waals surface area contributed by atoms with Crippen molar-refractivity contribution in [2.24, 2.45) is 5.92 Å². The van der Waals surface area contributed by atoms with Gasteiger partial charge >= 0.3 is 0 Å². The highest BCUT2D eigenvalue weighted by Crippen LogP contribution is 2.29. The van der Waals surface area contributed by atoms with Gasteiger partial charge in [0.15, 0.2) is 0 Å². The van der Waals surface area contributed by atoms with Crippen LogP contribution in [0.4, 0.5) is 0 Å². The predicted octanol–water partition coefficient (Wildman–Crippen LogP) is 5.46. The maximum absolute atomic E-state index is 3.87. The molecule has 0 heterocycles. The zero-order valence-electron chi connectivity index (χ0n) is 13.3. The van der Waals surface area contributed by atoms with Crippen molar-refractivity contribution in [1.82, 2.24) is 5.32 Å². The fourth-order valence-electron chi connectivity index (χ4n) is 3.81. The molecule has 2 aromatic rings. The van der Waals surface area contributed by atoms with Crippen LogP contribution in [0.5, 0.6) is 0 Å². The molecule has 1 atom stereocenters. The zero-order chi connectivity index (χ0) is 14.7. The van der Waals surface area contributed by atoms with Crippen LogP contribution in [-0.2, 0) is 0 Å². The molecule has 1 fully saturated rings. The molecule has 0 radical (unpaired) electrons. The van der Waals surface area contributed by atoms with Gasteiger partial charge in [0.05, 0.1) is 0 Å². The van der Waals surface area contributed by atoms with Crippen LogP contribution in [0.2, 0.25) is 0 Å². The third-order valence-electron chi connectivity index (χ3n) is 5.20. The Morgan fingerprint density at radius 3 is 2.48 bits per heavy atom. The van der Waals surface area contributed by atoms with Gasteiger partial charge in [-0.05, 0) is 54.9 Å². The van der Waals surface area contributed by atoms with E-state index in [1.54, 1.807) is 0 Å². The van der Waals surface area contributed by atoms with Gasteiger partial charge in [-0.3, -0.25) is 0 Å². The number of nitrogens with one attached hydrogen (secondary N) is 1. The molecule has 1 heteroatoms. The van der Waals surface area contributed by atoms with Crippen LogP contribution in [0.15, 0.2) is 42.5 Å². The van der Waals surface area contributed by atoms with Crippen molar-refractivity contribution < 1.29 is 0 Å². The molecular weight excluding hydrogens is 254 g/mol. The molecule has 1 aliphatic rings. The van der Waals surface area contributed by atoms with Crippen molar-refractivity contribution in [3.63, 3.8) is 0 Å². The van der Waals surface area contributed by atoms with Gasteiger partial charge < -0.3 is 5.32 Å². The molecule has 1 aliphatic carbocycles. The van der Waals surface area contributed by atoms with Crippen LogP contribution in [0, 0.1) is 5.92 Å². The van der Waals surface area contributed by atoms with E-state index in [4.69, 9.17) is 0 Å². The van der Waals surface area contributed by atoms with Gasteiger partial charge in [0.1, 0.15) is 0 Å². The molecule has 0 amide bonds. The lowest BCUT2D eigenvalue weighted by molar-refractivity contribution is 0.273. The molecule has 0 aromatic heterocycles. The van der Waals surface area contributed by atoms with E-state index < -0.39 is 0 Å². The number of fused-ring (bicyclic) bond motifs is 1. The minimum Gasteiger partial charge on any atom is -0.307 e. The quantitative estimate of drug-likeness (QED) is 0.784. The Morgan fingerprint density at radius 2 is 1.71 bits per heavy atom. The van der Waals surface area contributed by atoms with Crippen LogP contribution < -0.4 is 5.32 Å². The lowest BCUT2D eigenvalue weighted by atomic mass is 9.84. The summed E-state index contributed by atoms with van der Waals surface area (Å²) < 4.78 is 0. The standard InChI is InChI=1S/C20H27N/c1-3-16-11-13-18(14-12-16)21-15(2)19-10-6-8-17-7-4-5-9-20(17)19/h4-10,15-16,18,21H,3,11-14H2,1-2H3. The fraction of sp³-hybridized carbons (Fsp3) is 0.500. The van der Waals surface area contributed by atoms with Gasteiger partial charge in [-0.15, -0.1) is 0 Å². The van der Waals surface area contributed by atoms with Crippen molar-refractivity contribution in [1.29, 1.82) is 0 Å². The minimum atomic E-state index is 0.430. The molecule has 1 N–H and O–H groups in total. The Labute approximate surface area is 128 Å². The van der Waals surface area contributed by atoms with Gasteiger partial charge in [0.25, 0.3) is 0 Å². The van der Waals surface area contributed by atoms with E-state index in [9.17, 15) is 0 Å². The highest BCUT2D eigenvalue weighted by atomic mass is 14.9. The minimum absolute atomic E-state index is 0.430. The number of hydrogen-bond donors (Lipinski definition) is 1. The molecule has 112 valence electrons. The number of hydrogen-bond acceptors (Lipinski definition) is 1. The van der Waals surface area contributed by atoms with E-state index in [2.05, 4.69) is 61.6 Å². The van der Waals surface area contributed by atoms with E-state index >= 15 is 0 Å². The number of rotatable bonds is 4. The lowest BCUT2D eigenvalue weighted by Crippen LogP contribution is -2.35. The highest BCUT2D eigenvalue weighted by molar-refractivity contribution is 5.86. The molecule has 3 rings (SSSR count). The number of benzene rings is 2. The van der Waals surface area contributed by atoms with E-state index in [0.717, 1.165) is 5.92 Å². The first-order valence-corrected chi connectivity index (χ1v) is 8.51. The van der Waals surface area contributed by atoms with Crippen LogP contribution in [0.25, 0.3) is 10.8 Å². The van der Waals surface area contributed by atoms with E-state index in [1.807, 2.05) is 0 Å². The monoisotopic (exact) mass is 281 g/mol. The molecule has 1 unspecified atom stereocenters.